The van der Waals surface area contributed by atoms with Crippen molar-refractivity contribution < 1.29 is 23.7 Å². The lowest BCUT2D eigenvalue weighted by Gasteiger charge is -2.20. The molecule has 0 fully saturated rings. The maximum absolute atomic E-state index is 13.0. The normalized spacial score (nSPS) is 14.8. The smallest absolute Gasteiger partial charge is 0.343 e. The first-order valence-electron chi connectivity index (χ1n) is 12.1. The predicted octanol–water partition coefficient (Wildman–Crippen LogP) is 2.17. The average Bonchev–Trinajstić information content (AvgIpc) is 3.47. The van der Waals surface area contributed by atoms with Crippen LogP contribution in [0.4, 0.5) is 0 Å². The summed E-state index contributed by atoms with van der Waals surface area (Å²) in [5.41, 5.74) is 2.94. The number of aryl methyl sites for hydroxylation is 2. The lowest BCUT2D eigenvalue weighted by molar-refractivity contribution is 0.0593. The highest BCUT2D eigenvalue weighted by Crippen LogP contribution is 2.36. The molecule has 0 aliphatic carbocycles. The summed E-state index contributed by atoms with van der Waals surface area (Å²) in [5.74, 6) is 1.30. The molecule has 1 aromatic carbocycles. The number of nitrogens with zero attached hydrogens (tertiary/aromatic N) is 4. The molecule has 4 heterocycles. The van der Waals surface area contributed by atoms with E-state index in [4.69, 9.17) is 18.9 Å². The fourth-order valence-electron chi connectivity index (χ4n) is 4.80. The molecule has 0 spiro atoms. The number of fused-ring (bicyclic) bond motifs is 2. The minimum atomic E-state index is -0.499. The fraction of sp³-hybridized carbons (Fsp3) is 0.423. The molecule has 36 heavy (non-hydrogen) atoms. The van der Waals surface area contributed by atoms with Crippen LogP contribution in [0.5, 0.6) is 17.2 Å². The second-order valence-corrected chi connectivity index (χ2v) is 8.96. The number of hydrogen-bond donors (Lipinski definition) is 0. The van der Waals surface area contributed by atoms with Gasteiger partial charge in [0, 0.05) is 63.2 Å². The van der Waals surface area contributed by atoms with E-state index in [0.717, 1.165) is 35.5 Å². The van der Waals surface area contributed by atoms with E-state index in [-0.39, 0.29) is 18.1 Å². The van der Waals surface area contributed by atoms with Gasteiger partial charge in [-0.25, -0.2) is 4.79 Å². The maximum atomic E-state index is 13.0. The summed E-state index contributed by atoms with van der Waals surface area (Å²) < 4.78 is 25.6. The van der Waals surface area contributed by atoms with Crippen LogP contribution in [0.2, 0.25) is 0 Å². The number of carbonyl (C=O) groups excluding carboxylic acids is 1. The minimum absolute atomic E-state index is 0.181. The van der Waals surface area contributed by atoms with Crippen LogP contribution in [0.3, 0.4) is 0 Å². The second kappa shape index (κ2) is 10.4. The van der Waals surface area contributed by atoms with Gasteiger partial charge in [-0.2, -0.15) is 5.10 Å². The second-order valence-electron chi connectivity index (χ2n) is 8.96. The van der Waals surface area contributed by atoms with Crippen LogP contribution in [0, 0.1) is 0 Å². The van der Waals surface area contributed by atoms with Crippen molar-refractivity contribution in [3.05, 3.63) is 69.4 Å². The highest BCUT2D eigenvalue weighted by Gasteiger charge is 2.27. The number of para-hydroxylation sites is 1. The molecule has 2 aliphatic heterocycles. The van der Waals surface area contributed by atoms with Crippen molar-refractivity contribution in [2.75, 3.05) is 33.6 Å². The molecule has 0 saturated heterocycles. The highest BCUT2D eigenvalue weighted by atomic mass is 16.7. The zero-order valence-corrected chi connectivity index (χ0v) is 20.6. The molecule has 0 saturated carbocycles. The molecule has 10 heteroatoms. The van der Waals surface area contributed by atoms with Crippen molar-refractivity contribution in [3.63, 3.8) is 0 Å². The number of rotatable bonds is 8. The van der Waals surface area contributed by atoms with Gasteiger partial charge < -0.3 is 23.5 Å². The standard InChI is InChI=1S/C26H30N4O6/c1-28-15-18(14-27-28)5-4-12-34-22-13-23(31)30-11-10-29(9-8-20(30)24(22)26(32)33-2)16-19-6-3-7-21-25(19)36-17-35-21/h3,6-7,13-15H,4-5,8-12,16-17H2,1-2H3. The highest BCUT2D eigenvalue weighted by molar-refractivity contribution is 5.93. The summed E-state index contributed by atoms with van der Waals surface area (Å²) >= 11 is 0. The van der Waals surface area contributed by atoms with Crippen molar-refractivity contribution in [2.24, 2.45) is 7.05 Å². The molecule has 3 aromatic rings. The summed E-state index contributed by atoms with van der Waals surface area (Å²) in [4.78, 5) is 28.1. The van der Waals surface area contributed by atoms with Crippen molar-refractivity contribution in [1.29, 1.82) is 0 Å². The van der Waals surface area contributed by atoms with Crippen LogP contribution in [0.15, 0.2) is 41.5 Å². The molecule has 0 bridgehead atoms. The lowest BCUT2D eigenvalue weighted by Crippen LogP contribution is -2.29. The lowest BCUT2D eigenvalue weighted by atomic mass is 10.1. The molecule has 0 amide bonds. The molecule has 2 aromatic heterocycles. The van der Waals surface area contributed by atoms with E-state index in [1.54, 1.807) is 9.25 Å². The van der Waals surface area contributed by atoms with Crippen LogP contribution in [-0.4, -0.2) is 58.8 Å². The first-order valence-corrected chi connectivity index (χ1v) is 12.1. The summed E-state index contributed by atoms with van der Waals surface area (Å²) in [6, 6.07) is 7.28. The molecule has 190 valence electrons. The minimum Gasteiger partial charge on any atom is -0.492 e. The average molecular weight is 495 g/mol. The van der Waals surface area contributed by atoms with E-state index >= 15 is 0 Å². The molecule has 10 nitrogen and oxygen atoms in total. The Morgan fingerprint density at radius 1 is 1.19 bits per heavy atom. The molecule has 2 aliphatic rings. The van der Waals surface area contributed by atoms with Gasteiger partial charge in [0.2, 0.25) is 6.79 Å². The van der Waals surface area contributed by atoms with E-state index in [2.05, 4.69) is 10.00 Å². The summed E-state index contributed by atoms with van der Waals surface area (Å²) in [5, 5.41) is 4.17. The molecular formula is C26H30N4O6. The van der Waals surface area contributed by atoms with E-state index in [9.17, 15) is 9.59 Å². The number of esters is 1. The number of methoxy groups -OCH3 is 1. The van der Waals surface area contributed by atoms with Crippen molar-refractivity contribution >= 4 is 5.97 Å². The third kappa shape index (κ3) is 4.94. The van der Waals surface area contributed by atoms with Crippen LogP contribution >= 0.6 is 0 Å². The number of benzene rings is 1. The van der Waals surface area contributed by atoms with E-state index in [0.29, 0.717) is 50.5 Å². The van der Waals surface area contributed by atoms with Crippen LogP contribution < -0.4 is 19.8 Å². The molecule has 0 atom stereocenters. The number of ether oxygens (including phenoxy) is 4. The Balaban J connectivity index is 1.32. The zero-order chi connectivity index (χ0) is 25.1. The van der Waals surface area contributed by atoms with Gasteiger partial charge in [0.05, 0.1) is 19.9 Å². The Hall–Kier alpha value is -3.79. The van der Waals surface area contributed by atoms with Crippen molar-refractivity contribution in [1.82, 2.24) is 19.2 Å². The topological polar surface area (TPSA) is 97.0 Å². The molecule has 0 N–H and O–H groups in total. The van der Waals surface area contributed by atoms with Crippen molar-refractivity contribution in [2.45, 2.75) is 32.4 Å². The van der Waals surface area contributed by atoms with Gasteiger partial charge in [-0.3, -0.25) is 14.4 Å². The third-order valence-corrected chi connectivity index (χ3v) is 6.57. The predicted molar refractivity (Wildman–Crippen MR) is 131 cm³/mol. The fourth-order valence-corrected chi connectivity index (χ4v) is 4.80. The number of pyridine rings is 1. The molecular weight excluding hydrogens is 464 g/mol. The van der Waals surface area contributed by atoms with Gasteiger partial charge in [-0.15, -0.1) is 0 Å². The monoisotopic (exact) mass is 494 g/mol. The van der Waals surface area contributed by atoms with Gasteiger partial charge in [-0.1, -0.05) is 12.1 Å². The van der Waals surface area contributed by atoms with E-state index in [1.165, 1.54) is 13.2 Å². The quantitative estimate of drug-likeness (QED) is 0.347. The Morgan fingerprint density at radius 3 is 2.89 bits per heavy atom. The first kappa shape index (κ1) is 23.9. The van der Waals surface area contributed by atoms with Crippen LogP contribution in [0.1, 0.15) is 33.6 Å². The summed E-state index contributed by atoms with van der Waals surface area (Å²) in [6.07, 6.45) is 5.81. The van der Waals surface area contributed by atoms with Gasteiger partial charge in [0.1, 0.15) is 11.3 Å². The largest absolute Gasteiger partial charge is 0.492 e. The number of carbonyl (C=O) groups is 1. The van der Waals surface area contributed by atoms with Crippen LogP contribution in [0.25, 0.3) is 0 Å². The van der Waals surface area contributed by atoms with Crippen LogP contribution in [-0.2, 0) is 37.7 Å². The number of hydrogen-bond acceptors (Lipinski definition) is 8. The van der Waals surface area contributed by atoms with Gasteiger partial charge >= 0.3 is 5.97 Å². The maximum Gasteiger partial charge on any atom is 0.343 e. The van der Waals surface area contributed by atoms with E-state index in [1.807, 2.05) is 37.6 Å². The van der Waals surface area contributed by atoms with E-state index < -0.39 is 5.97 Å². The first-order chi connectivity index (χ1) is 17.5. The van der Waals surface area contributed by atoms with Gasteiger partial charge in [0.25, 0.3) is 5.56 Å². The van der Waals surface area contributed by atoms with Crippen molar-refractivity contribution in [3.8, 4) is 17.2 Å². The summed E-state index contributed by atoms with van der Waals surface area (Å²) in [7, 11) is 3.22. The molecule has 0 unspecified atom stereocenters. The Morgan fingerprint density at radius 2 is 2.08 bits per heavy atom. The summed E-state index contributed by atoms with van der Waals surface area (Å²) in [6.45, 7) is 3.03. The Labute approximate surface area is 208 Å². The third-order valence-electron chi connectivity index (χ3n) is 6.57. The number of aromatic nitrogens is 3. The molecule has 5 rings (SSSR count). The molecule has 0 radical (unpaired) electrons. The van der Waals surface area contributed by atoms with Gasteiger partial charge in [-0.05, 0) is 24.5 Å². The Bertz CT molecular complexity index is 1310. The SMILES string of the molecule is COC(=O)c1c(OCCCc2cnn(C)c2)cc(=O)n2c1CCN(Cc1cccc3c1OCO3)CC2. The van der Waals surface area contributed by atoms with Gasteiger partial charge in [0.15, 0.2) is 11.5 Å². The zero-order valence-electron chi connectivity index (χ0n) is 20.6. The Kier molecular flexibility index (Phi) is 6.95.